The molecule has 3 nitrogen and oxygen atoms in total. The van der Waals surface area contributed by atoms with Gasteiger partial charge in [0.25, 0.3) is 7.52 Å². The van der Waals surface area contributed by atoms with Crippen molar-refractivity contribution in [3.8, 4) is 0 Å². The second-order valence-electron chi connectivity index (χ2n) is 2.54. The van der Waals surface area contributed by atoms with E-state index in [0.717, 1.165) is 0 Å². The fraction of sp³-hybridized carbons (Fsp3) is 0.143. The number of hydrogen-bond acceptors (Lipinski definition) is 1. The van der Waals surface area contributed by atoms with E-state index in [1.54, 1.807) is 0 Å². The standard InChI is InChI=1S/C7H9FNO2P/c8-7-3-1-6(2-4-7)5-12(9,10)11/h1-4H,5H2,(H3,9,10,11). The van der Waals surface area contributed by atoms with Crippen LogP contribution in [0.25, 0.3) is 0 Å². The molecule has 0 fully saturated rings. The lowest BCUT2D eigenvalue weighted by molar-refractivity contribution is 0.478. The van der Waals surface area contributed by atoms with E-state index in [4.69, 9.17) is 10.4 Å². The van der Waals surface area contributed by atoms with E-state index in [1.165, 1.54) is 24.3 Å². The van der Waals surface area contributed by atoms with Crippen LogP contribution >= 0.6 is 7.52 Å². The van der Waals surface area contributed by atoms with Crippen LogP contribution in [0.1, 0.15) is 5.56 Å². The molecular formula is C7H9FNO2P. The van der Waals surface area contributed by atoms with Crippen molar-refractivity contribution in [1.82, 2.24) is 0 Å². The van der Waals surface area contributed by atoms with Crippen molar-refractivity contribution >= 4 is 7.52 Å². The molecule has 3 N–H and O–H groups in total. The Kier molecular flexibility index (Phi) is 2.62. The minimum absolute atomic E-state index is 0.118. The summed E-state index contributed by atoms with van der Waals surface area (Å²) in [5.41, 5.74) is 5.48. The highest BCUT2D eigenvalue weighted by atomic mass is 31.2. The maximum absolute atomic E-state index is 12.4. The van der Waals surface area contributed by atoms with Crippen LogP contribution in [-0.2, 0) is 10.7 Å². The van der Waals surface area contributed by atoms with E-state index in [1.807, 2.05) is 0 Å². The molecule has 0 saturated carbocycles. The molecule has 0 saturated heterocycles. The summed E-state index contributed by atoms with van der Waals surface area (Å²) in [6.07, 6.45) is -0.118. The normalized spacial score (nSPS) is 15.6. The molecule has 0 amide bonds. The van der Waals surface area contributed by atoms with Gasteiger partial charge in [-0.05, 0) is 17.7 Å². The van der Waals surface area contributed by atoms with Crippen LogP contribution in [0.3, 0.4) is 0 Å². The Balaban J connectivity index is 2.78. The first-order valence-electron chi connectivity index (χ1n) is 3.32. The third kappa shape index (κ3) is 3.13. The molecule has 12 heavy (non-hydrogen) atoms. The van der Waals surface area contributed by atoms with Crippen molar-refractivity contribution in [3.63, 3.8) is 0 Å². The second-order valence-corrected chi connectivity index (χ2v) is 4.37. The summed E-state index contributed by atoms with van der Waals surface area (Å²) in [5.74, 6) is -0.372. The molecule has 0 aliphatic heterocycles. The van der Waals surface area contributed by atoms with E-state index in [2.05, 4.69) is 0 Å². The summed E-state index contributed by atoms with van der Waals surface area (Å²) in [6.45, 7) is 0. The number of hydrogen-bond donors (Lipinski definition) is 2. The lowest BCUT2D eigenvalue weighted by atomic mass is 10.2. The van der Waals surface area contributed by atoms with Gasteiger partial charge in [-0.3, -0.25) is 10.1 Å². The zero-order valence-electron chi connectivity index (χ0n) is 6.27. The van der Waals surface area contributed by atoms with Crippen molar-refractivity contribution < 1.29 is 13.8 Å². The Morgan fingerprint density at radius 2 is 1.92 bits per heavy atom. The minimum Gasteiger partial charge on any atom is -0.333 e. The highest BCUT2D eigenvalue weighted by Crippen LogP contribution is 2.34. The average molecular weight is 189 g/mol. The molecule has 0 spiro atoms. The molecule has 0 radical (unpaired) electrons. The van der Waals surface area contributed by atoms with E-state index in [-0.39, 0.29) is 12.0 Å². The average Bonchev–Trinajstić information content (AvgIpc) is 1.91. The number of rotatable bonds is 2. The fourth-order valence-corrected chi connectivity index (χ4v) is 1.59. The first-order chi connectivity index (χ1) is 5.47. The highest BCUT2D eigenvalue weighted by molar-refractivity contribution is 7.54. The van der Waals surface area contributed by atoms with Gasteiger partial charge in [-0.15, -0.1) is 0 Å². The van der Waals surface area contributed by atoms with Gasteiger partial charge in [0.15, 0.2) is 0 Å². The summed E-state index contributed by atoms with van der Waals surface area (Å²) in [7, 11) is -3.53. The van der Waals surface area contributed by atoms with Crippen molar-refractivity contribution in [2.75, 3.05) is 0 Å². The maximum atomic E-state index is 12.4. The van der Waals surface area contributed by atoms with Crippen LogP contribution in [0.4, 0.5) is 4.39 Å². The molecule has 1 rings (SSSR count). The Morgan fingerprint density at radius 1 is 1.42 bits per heavy atom. The van der Waals surface area contributed by atoms with Gasteiger partial charge >= 0.3 is 0 Å². The predicted molar refractivity (Wildman–Crippen MR) is 44.1 cm³/mol. The van der Waals surface area contributed by atoms with Gasteiger partial charge in [-0.25, -0.2) is 4.39 Å². The van der Waals surface area contributed by atoms with E-state index < -0.39 is 7.52 Å². The van der Waals surface area contributed by atoms with Gasteiger partial charge in [-0.2, -0.15) is 0 Å². The SMILES string of the molecule is NP(=O)(O)Cc1ccc(F)cc1. The largest absolute Gasteiger partial charge is 0.333 e. The van der Waals surface area contributed by atoms with Crippen molar-refractivity contribution in [2.24, 2.45) is 5.50 Å². The van der Waals surface area contributed by atoms with Crippen LogP contribution in [0.2, 0.25) is 0 Å². The molecule has 5 heteroatoms. The first kappa shape index (κ1) is 9.39. The van der Waals surface area contributed by atoms with Crippen molar-refractivity contribution in [1.29, 1.82) is 0 Å². The number of benzene rings is 1. The zero-order chi connectivity index (χ0) is 9.19. The van der Waals surface area contributed by atoms with Gasteiger partial charge in [0.2, 0.25) is 0 Å². The van der Waals surface area contributed by atoms with Gasteiger partial charge in [-0.1, -0.05) is 12.1 Å². The monoisotopic (exact) mass is 189 g/mol. The molecule has 0 bridgehead atoms. The van der Waals surface area contributed by atoms with Gasteiger partial charge in [0, 0.05) is 0 Å². The van der Waals surface area contributed by atoms with Crippen molar-refractivity contribution in [2.45, 2.75) is 6.16 Å². The van der Waals surface area contributed by atoms with Crippen LogP contribution in [0, 0.1) is 5.82 Å². The molecule has 66 valence electrons. The van der Waals surface area contributed by atoms with Crippen LogP contribution in [-0.4, -0.2) is 4.89 Å². The molecular weight excluding hydrogens is 180 g/mol. The summed E-state index contributed by atoms with van der Waals surface area (Å²) in [6, 6.07) is 5.33. The summed E-state index contributed by atoms with van der Waals surface area (Å²) < 4.78 is 23.1. The first-order valence-corrected chi connectivity index (χ1v) is 5.23. The summed E-state index contributed by atoms with van der Waals surface area (Å²) in [5, 5.41) is 0. The highest BCUT2D eigenvalue weighted by Gasteiger charge is 2.10. The van der Waals surface area contributed by atoms with Gasteiger partial charge < -0.3 is 4.89 Å². The van der Waals surface area contributed by atoms with Gasteiger partial charge in [0.05, 0.1) is 6.16 Å². The molecule has 0 heterocycles. The Hall–Kier alpha value is -0.700. The molecule has 1 aromatic rings. The number of nitrogens with two attached hydrogens (primary N) is 1. The topological polar surface area (TPSA) is 63.3 Å². The Bertz CT molecular complexity index is 306. The van der Waals surface area contributed by atoms with Crippen LogP contribution < -0.4 is 5.50 Å². The van der Waals surface area contributed by atoms with E-state index >= 15 is 0 Å². The summed E-state index contributed by atoms with van der Waals surface area (Å²) >= 11 is 0. The second kappa shape index (κ2) is 3.35. The molecule has 1 atom stereocenters. The molecule has 1 unspecified atom stereocenters. The van der Waals surface area contributed by atoms with E-state index in [0.29, 0.717) is 5.56 Å². The molecule has 0 aliphatic carbocycles. The van der Waals surface area contributed by atoms with Crippen molar-refractivity contribution in [3.05, 3.63) is 35.6 Å². The molecule has 0 aliphatic rings. The molecule has 1 aromatic carbocycles. The van der Waals surface area contributed by atoms with Crippen LogP contribution in [0.5, 0.6) is 0 Å². The summed E-state index contributed by atoms with van der Waals surface area (Å²) in [4.78, 5) is 8.78. The Labute approximate surface area is 69.5 Å². The lowest BCUT2D eigenvalue weighted by Crippen LogP contribution is -1.96. The maximum Gasteiger partial charge on any atom is 0.268 e. The zero-order valence-corrected chi connectivity index (χ0v) is 7.17. The van der Waals surface area contributed by atoms with Crippen LogP contribution in [0.15, 0.2) is 24.3 Å². The fourth-order valence-electron chi connectivity index (χ4n) is 0.851. The smallest absolute Gasteiger partial charge is 0.268 e. The third-order valence-electron chi connectivity index (χ3n) is 1.32. The minimum atomic E-state index is -3.53. The predicted octanol–water partition coefficient (Wildman–Crippen LogP) is 1.47. The third-order valence-corrected chi connectivity index (χ3v) is 2.14. The van der Waals surface area contributed by atoms with E-state index in [9.17, 15) is 8.96 Å². The quantitative estimate of drug-likeness (QED) is 0.692. The Morgan fingerprint density at radius 3 is 2.33 bits per heavy atom. The molecule has 0 aromatic heterocycles. The number of halogens is 1. The van der Waals surface area contributed by atoms with Gasteiger partial charge in [0.1, 0.15) is 5.82 Å². The lowest BCUT2D eigenvalue weighted by Gasteiger charge is -2.03.